The van der Waals surface area contributed by atoms with Gasteiger partial charge in [0.05, 0.1) is 17.9 Å². The highest BCUT2D eigenvalue weighted by molar-refractivity contribution is 7.15. The SMILES string of the molecule is Cc1sc(-c2ccnc3c2C=NC3)nc1C(C)(C)CNC(=O)c1ccccc1. The van der Waals surface area contributed by atoms with Crippen molar-refractivity contribution in [3.05, 3.63) is 70.0 Å². The lowest BCUT2D eigenvalue weighted by Gasteiger charge is -2.24. The Balaban J connectivity index is 1.57. The van der Waals surface area contributed by atoms with Gasteiger partial charge >= 0.3 is 0 Å². The Labute approximate surface area is 168 Å². The number of fused-ring (bicyclic) bond motifs is 1. The number of pyridine rings is 1. The molecular formula is C22H22N4OS. The van der Waals surface area contributed by atoms with Crippen LogP contribution in [0.3, 0.4) is 0 Å². The fraction of sp³-hybridized carbons (Fsp3) is 0.273. The van der Waals surface area contributed by atoms with Gasteiger partial charge in [0.1, 0.15) is 5.01 Å². The second-order valence-electron chi connectivity index (χ2n) is 7.55. The summed E-state index contributed by atoms with van der Waals surface area (Å²) in [5.74, 6) is -0.0649. The number of thiazole rings is 1. The van der Waals surface area contributed by atoms with Crippen LogP contribution < -0.4 is 5.32 Å². The van der Waals surface area contributed by atoms with Gasteiger partial charge in [-0.1, -0.05) is 32.0 Å². The van der Waals surface area contributed by atoms with Crippen molar-refractivity contribution < 1.29 is 4.79 Å². The Morgan fingerprint density at radius 1 is 1.21 bits per heavy atom. The number of hydrogen-bond acceptors (Lipinski definition) is 5. The summed E-state index contributed by atoms with van der Waals surface area (Å²) >= 11 is 1.68. The smallest absolute Gasteiger partial charge is 0.251 e. The molecule has 0 saturated heterocycles. The average molecular weight is 391 g/mol. The molecule has 28 heavy (non-hydrogen) atoms. The van der Waals surface area contributed by atoms with Crippen LogP contribution in [0.1, 0.15) is 46.0 Å². The van der Waals surface area contributed by atoms with Crippen LogP contribution in [0.15, 0.2) is 47.6 Å². The van der Waals surface area contributed by atoms with E-state index in [-0.39, 0.29) is 11.3 Å². The zero-order chi connectivity index (χ0) is 19.7. The molecule has 0 aliphatic carbocycles. The number of nitrogens with zero attached hydrogens (tertiary/aromatic N) is 3. The molecule has 0 radical (unpaired) electrons. The minimum atomic E-state index is -0.284. The van der Waals surface area contributed by atoms with E-state index in [1.54, 1.807) is 11.3 Å². The van der Waals surface area contributed by atoms with Crippen LogP contribution in [0.25, 0.3) is 10.6 Å². The number of amides is 1. The number of nitrogens with one attached hydrogen (secondary N) is 1. The summed E-state index contributed by atoms with van der Waals surface area (Å²) in [6.07, 6.45) is 3.71. The summed E-state index contributed by atoms with van der Waals surface area (Å²) in [7, 11) is 0. The van der Waals surface area contributed by atoms with Gasteiger partial charge in [-0.05, 0) is 25.1 Å². The van der Waals surface area contributed by atoms with Crippen molar-refractivity contribution in [1.82, 2.24) is 15.3 Å². The molecule has 0 fully saturated rings. The predicted molar refractivity (Wildman–Crippen MR) is 113 cm³/mol. The van der Waals surface area contributed by atoms with Crippen molar-refractivity contribution in [3.8, 4) is 10.6 Å². The highest BCUT2D eigenvalue weighted by Gasteiger charge is 2.28. The normalized spacial score (nSPS) is 12.8. The minimum absolute atomic E-state index is 0.0649. The molecule has 1 aromatic carbocycles. The first-order chi connectivity index (χ1) is 13.5. The van der Waals surface area contributed by atoms with Gasteiger partial charge in [-0.25, -0.2) is 4.98 Å². The van der Waals surface area contributed by atoms with E-state index < -0.39 is 0 Å². The molecule has 142 valence electrons. The average Bonchev–Trinajstić information content (AvgIpc) is 3.33. The number of aromatic nitrogens is 2. The third-order valence-electron chi connectivity index (χ3n) is 4.93. The molecule has 5 nitrogen and oxygen atoms in total. The third-order valence-corrected chi connectivity index (χ3v) is 5.93. The first-order valence-corrected chi connectivity index (χ1v) is 10.1. The van der Waals surface area contributed by atoms with Gasteiger partial charge in [0, 0.05) is 45.9 Å². The van der Waals surface area contributed by atoms with Crippen molar-refractivity contribution in [2.75, 3.05) is 6.54 Å². The largest absolute Gasteiger partial charge is 0.351 e. The van der Waals surface area contributed by atoms with Gasteiger partial charge in [0.15, 0.2) is 0 Å². The van der Waals surface area contributed by atoms with Gasteiger partial charge in [0.25, 0.3) is 5.91 Å². The van der Waals surface area contributed by atoms with E-state index >= 15 is 0 Å². The van der Waals surface area contributed by atoms with Crippen LogP contribution in [0, 0.1) is 6.92 Å². The number of carbonyl (C=O) groups excluding carboxylic acids is 1. The van der Waals surface area contributed by atoms with Gasteiger partial charge in [-0.2, -0.15) is 0 Å². The van der Waals surface area contributed by atoms with Crippen molar-refractivity contribution in [2.24, 2.45) is 4.99 Å². The van der Waals surface area contributed by atoms with Crippen molar-refractivity contribution in [2.45, 2.75) is 32.7 Å². The van der Waals surface area contributed by atoms with E-state index in [0.717, 1.165) is 32.4 Å². The third kappa shape index (κ3) is 3.47. The monoisotopic (exact) mass is 390 g/mol. The van der Waals surface area contributed by atoms with Gasteiger partial charge in [-0.15, -0.1) is 11.3 Å². The zero-order valence-electron chi connectivity index (χ0n) is 16.2. The Bertz CT molecular complexity index is 1050. The van der Waals surface area contributed by atoms with Gasteiger partial charge < -0.3 is 5.32 Å². The topological polar surface area (TPSA) is 67.2 Å². The molecule has 0 atom stereocenters. The molecular weight excluding hydrogens is 368 g/mol. The molecule has 1 aliphatic heterocycles. The van der Waals surface area contributed by atoms with Crippen molar-refractivity contribution in [3.63, 3.8) is 0 Å². The standard InChI is InChI=1S/C22H22N4OS/c1-14-19(22(2,3)13-25-20(27)15-7-5-4-6-8-15)26-21(28-14)16-9-10-24-18-12-23-11-17(16)18/h4-11H,12-13H2,1-3H3,(H,25,27). The molecule has 6 heteroatoms. The summed E-state index contributed by atoms with van der Waals surface area (Å²) in [6, 6.07) is 11.3. The summed E-state index contributed by atoms with van der Waals surface area (Å²) in [6.45, 7) is 7.47. The number of rotatable bonds is 5. The van der Waals surface area contributed by atoms with Crippen LogP contribution in [0.4, 0.5) is 0 Å². The first-order valence-electron chi connectivity index (χ1n) is 9.25. The molecule has 0 spiro atoms. The molecule has 0 unspecified atom stereocenters. The van der Waals surface area contributed by atoms with E-state index in [9.17, 15) is 4.79 Å². The maximum absolute atomic E-state index is 12.4. The molecule has 3 aromatic rings. The molecule has 1 aliphatic rings. The van der Waals surface area contributed by atoms with Crippen LogP contribution in [0.2, 0.25) is 0 Å². The van der Waals surface area contributed by atoms with Crippen LogP contribution >= 0.6 is 11.3 Å². The number of aryl methyl sites for hydroxylation is 1. The number of aliphatic imine (C=N–C) groups is 1. The summed E-state index contributed by atoms with van der Waals surface area (Å²) < 4.78 is 0. The Morgan fingerprint density at radius 2 is 2.00 bits per heavy atom. The molecule has 0 bridgehead atoms. The highest BCUT2D eigenvalue weighted by atomic mass is 32.1. The second-order valence-corrected chi connectivity index (χ2v) is 8.75. The van der Waals surface area contributed by atoms with E-state index in [0.29, 0.717) is 18.7 Å². The van der Waals surface area contributed by atoms with Crippen molar-refractivity contribution in [1.29, 1.82) is 0 Å². The molecule has 3 heterocycles. The summed E-state index contributed by atoms with van der Waals surface area (Å²) in [5, 5.41) is 4.02. The van der Waals surface area contributed by atoms with Crippen molar-refractivity contribution >= 4 is 23.5 Å². The molecule has 1 N–H and O–H groups in total. The summed E-state index contributed by atoms with van der Waals surface area (Å²) in [4.78, 5) is 27.3. The van der Waals surface area contributed by atoms with E-state index in [1.807, 2.05) is 48.8 Å². The lowest BCUT2D eigenvalue weighted by atomic mass is 9.88. The highest BCUT2D eigenvalue weighted by Crippen LogP contribution is 2.36. The minimum Gasteiger partial charge on any atom is -0.351 e. The van der Waals surface area contributed by atoms with Crippen LogP contribution in [-0.2, 0) is 12.0 Å². The number of carbonyl (C=O) groups is 1. The molecule has 2 aromatic heterocycles. The maximum atomic E-state index is 12.4. The number of benzene rings is 1. The zero-order valence-corrected chi connectivity index (χ0v) is 17.0. The van der Waals surface area contributed by atoms with E-state index in [2.05, 4.69) is 36.1 Å². The van der Waals surface area contributed by atoms with E-state index in [1.165, 1.54) is 0 Å². The van der Waals surface area contributed by atoms with Gasteiger partial charge in [0.2, 0.25) is 0 Å². The lowest BCUT2D eigenvalue weighted by Crippen LogP contribution is -2.37. The van der Waals surface area contributed by atoms with E-state index in [4.69, 9.17) is 4.98 Å². The predicted octanol–water partition coefficient (Wildman–Crippen LogP) is 4.15. The molecule has 4 rings (SSSR count). The summed E-state index contributed by atoms with van der Waals surface area (Å²) in [5.41, 5.74) is 4.55. The van der Waals surface area contributed by atoms with Gasteiger partial charge in [-0.3, -0.25) is 14.8 Å². The first kappa shape index (κ1) is 18.5. The fourth-order valence-corrected chi connectivity index (χ4v) is 4.55. The van der Waals surface area contributed by atoms with Crippen LogP contribution in [-0.4, -0.2) is 28.6 Å². The number of hydrogen-bond donors (Lipinski definition) is 1. The second kappa shape index (κ2) is 7.28. The molecule has 0 saturated carbocycles. The fourth-order valence-electron chi connectivity index (χ4n) is 3.41. The maximum Gasteiger partial charge on any atom is 0.251 e. The Morgan fingerprint density at radius 3 is 2.79 bits per heavy atom. The van der Waals surface area contributed by atoms with Crippen LogP contribution in [0.5, 0.6) is 0 Å². The molecule has 1 amide bonds. The Kier molecular flexibility index (Phi) is 4.81. The Hall–Kier alpha value is -2.86. The lowest BCUT2D eigenvalue weighted by molar-refractivity contribution is 0.0945. The quantitative estimate of drug-likeness (QED) is 0.711.